The second kappa shape index (κ2) is 7.53. The van der Waals surface area contributed by atoms with Crippen LogP contribution in [-0.4, -0.2) is 30.1 Å². The summed E-state index contributed by atoms with van der Waals surface area (Å²) in [5.41, 5.74) is 0.787. The smallest absolute Gasteiger partial charge is 0.326 e. The molecule has 5 nitrogen and oxygen atoms in total. The first-order chi connectivity index (χ1) is 9.47. The molecule has 0 saturated carbocycles. The molecule has 0 aliphatic carbocycles. The van der Waals surface area contributed by atoms with Gasteiger partial charge in [-0.3, -0.25) is 4.79 Å². The monoisotopic (exact) mass is 279 g/mol. The lowest BCUT2D eigenvalue weighted by Gasteiger charge is -2.20. The van der Waals surface area contributed by atoms with Crippen LogP contribution in [0.5, 0.6) is 5.75 Å². The number of aliphatic carboxylic acids is 1. The van der Waals surface area contributed by atoms with Crippen molar-refractivity contribution in [2.24, 2.45) is 5.92 Å². The Morgan fingerprint density at radius 3 is 2.65 bits per heavy atom. The summed E-state index contributed by atoms with van der Waals surface area (Å²) in [6, 6.07) is 6.31. The first-order valence-corrected chi connectivity index (χ1v) is 6.63. The maximum atomic E-state index is 11.9. The number of hydrogen-bond donors (Lipinski definition) is 2. The second-order valence-corrected chi connectivity index (χ2v) is 4.80. The van der Waals surface area contributed by atoms with Crippen LogP contribution in [0, 0.1) is 5.92 Å². The Morgan fingerprint density at radius 1 is 1.40 bits per heavy atom. The third kappa shape index (κ3) is 4.57. The van der Waals surface area contributed by atoms with E-state index in [1.807, 2.05) is 13.8 Å². The van der Waals surface area contributed by atoms with Crippen molar-refractivity contribution >= 4 is 11.9 Å². The number of hydrogen-bond acceptors (Lipinski definition) is 3. The van der Waals surface area contributed by atoms with Gasteiger partial charge in [-0.2, -0.15) is 0 Å². The molecule has 0 aromatic heterocycles. The predicted octanol–water partition coefficient (Wildman–Crippen LogP) is 1.85. The summed E-state index contributed by atoms with van der Waals surface area (Å²) in [5.74, 6) is -0.738. The highest BCUT2D eigenvalue weighted by atomic mass is 16.5. The van der Waals surface area contributed by atoms with E-state index in [4.69, 9.17) is 9.84 Å². The van der Waals surface area contributed by atoms with Crippen molar-refractivity contribution in [1.82, 2.24) is 5.32 Å². The first kappa shape index (κ1) is 16.0. The van der Waals surface area contributed by atoms with E-state index < -0.39 is 12.0 Å². The molecule has 1 amide bonds. The summed E-state index contributed by atoms with van der Waals surface area (Å²) in [7, 11) is 1.56. The number of ether oxygens (including phenoxy) is 1. The Kier molecular flexibility index (Phi) is 6.03. The molecule has 2 atom stereocenters. The van der Waals surface area contributed by atoms with E-state index in [0.717, 1.165) is 5.56 Å². The van der Waals surface area contributed by atoms with Gasteiger partial charge in [-0.25, -0.2) is 4.79 Å². The molecule has 0 bridgehead atoms. The summed E-state index contributed by atoms with van der Waals surface area (Å²) in [6.07, 6.45) is 0.827. The Bertz CT molecular complexity index is 473. The van der Waals surface area contributed by atoms with E-state index in [2.05, 4.69) is 5.32 Å². The van der Waals surface area contributed by atoms with Gasteiger partial charge >= 0.3 is 5.97 Å². The third-order valence-corrected chi connectivity index (χ3v) is 3.29. The largest absolute Gasteiger partial charge is 0.497 e. The fourth-order valence-electron chi connectivity index (χ4n) is 1.88. The average molecular weight is 279 g/mol. The van der Waals surface area contributed by atoms with Gasteiger partial charge in [0.25, 0.3) is 0 Å². The van der Waals surface area contributed by atoms with Gasteiger partial charge in [0.1, 0.15) is 11.8 Å². The van der Waals surface area contributed by atoms with Gasteiger partial charge < -0.3 is 15.2 Å². The van der Waals surface area contributed by atoms with Gasteiger partial charge in [0.2, 0.25) is 5.91 Å². The molecule has 0 heterocycles. The summed E-state index contributed by atoms with van der Waals surface area (Å²) in [4.78, 5) is 23.1. The highest BCUT2D eigenvalue weighted by Gasteiger charge is 2.25. The van der Waals surface area contributed by atoms with Gasteiger partial charge in [0, 0.05) is 0 Å². The zero-order valence-corrected chi connectivity index (χ0v) is 12.1. The first-order valence-electron chi connectivity index (χ1n) is 6.63. The van der Waals surface area contributed by atoms with Gasteiger partial charge in [-0.15, -0.1) is 0 Å². The van der Waals surface area contributed by atoms with Crippen LogP contribution in [0.2, 0.25) is 0 Å². The van der Waals surface area contributed by atoms with Crippen LogP contribution in [0.25, 0.3) is 0 Å². The Labute approximate surface area is 118 Å². The molecule has 20 heavy (non-hydrogen) atoms. The number of rotatable bonds is 7. The lowest BCUT2D eigenvalue weighted by molar-refractivity contribution is -0.143. The topological polar surface area (TPSA) is 75.6 Å². The van der Waals surface area contributed by atoms with Crippen LogP contribution in [-0.2, 0) is 16.0 Å². The fourth-order valence-corrected chi connectivity index (χ4v) is 1.88. The molecular formula is C15H21NO4. The molecule has 0 spiro atoms. The molecular weight excluding hydrogens is 258 g/mol. The molecule has 0 saturated heterocycles. The maximum Gasteiger partial charge on any atom is 0.326 e. The number of carboxylic acid groups (broad SMARTS) is 1. The van der Waals surface area contributed by atoms with E-state index >= 15 is 0 Å². The minimum atomic E-state index is -1.00. The van der Waals surface area contributed by atoms with E-state index in [9.17, 15) is 9.59 Å². The molecule has 110 valence electrons. The molecule has 0 radical (unpaired) electrons. The standard InChI is InChI=1S/C15H21NO4/c1-4-10(2)14(15(18)19)16-13(17)9-11-6-5-7-12(8-11)20-3/h5-8,10,14H,4,9H2,1-3H3,(H,16,17)(H,18,19). The van der Waals surface area contributed by atoms with Gasteiger partial charge in [-0.1, -0.05) is 32.4 Å². The lowest BCUT2D eigenvalue weighted by Crippen LogP contribution is -2.45. The van der Waals surface area contributed by atoms with Crippen LogP contribution in [0.3, 0.4) is 0 Å². The lowest BCUT2D eigenvalue weighted by atomic mass is 9.99. The molecule has 5 heteroatoms. The highest BCUT2D eigenvalue weighted by molar-refractivity contribution is 5.85. The summed E-state index contributed by atoms with van der Waals surface area (Å²) < 4.78 is 5.09. The van der Waals surface area contributed by atoms with Crippen LogP contribution >= 0.6 is 0 Å². The van der Waals surface area contributed by atoms with E-state index in [-0.39, 0.29) is 18.2 Å². The normalized spacial score (nSPS) is 13.3. The number of methoxy groups -OCH3 is 1. The maximum absolute atomic E-state index is 11.9. The van der Waals surface area contributed by atoms with E-state index in [0.29, 0.717) is 12.2 Å². The van der Waals surface area contributed by atoms with Crippen molar-refractivity contribution in [3.8, 4) is 5.75 Å². The number of amides is 1. The Morgan fingerprint density at radius 2 is 2.10 bits per heavy atom. The Balaban J connectivity index is 2.68. The minimum Gasteiger partial charge on any atom is -0.497 e. The number of benzene rings is 1. The number of carbonyl (C=O) groups excluding carboxylic acids is 1. The number of nitrogens with one attached hydrogen (secondary N) is 1. The molecule has 0 aliphatic rings. The van der Waals surface area contributed by atoms with Crippen molar-refractivity contribution < 1.29 is 19.4 Å². The number of carboxylic acids is 1. The van der Waals surface area contributed by atoms with Crippen LogP contribution in [0.15, 0.2) is 24.3 Å². The number of carbonyl (C=O) groups is 2. The SMILES string of the molecule is CCC(C)C(NC(=O)Cc1cccc(OC)c1)C(=O)O. The van der Waals surface area contributed by atoms with Crippen molar-refractivity contribution in [3.63, 3.8) is 0 Å². The predicted molar refractivity (Wildman–Crippen MR) is 75.7 cm³/mol. The van der Waals surface area contributed by atoms with Gasteiger partial charge in [0.15, 0.2) is 0 Å². The molecule has 0 fully saturated rings. The molecule has 1 aromatic rings. The Hall–Kier alpha value is -2.04. The third-order valence-electron chi connectivity index (χ3n) is 3.29. The molecule has 1 rings (SSSR count). The second-order valence-electron chi connectivity index (χ2n) is 4.80. The van der Waals surface area contributed by atoms with Crippen LogP contribution in [0.4, 0.5) is 0 Å². The van der Waals surface area contributed by atoms with Gasteiger partial charge in [-0.05, 0) is 23.6 Å². The van der Waals surface area contributed by atoms with Crippen molar-refractivity contribution in [2.75, 3.05) is 7.11 Å². The quantitative estimate of drug-likeness (QED) is 0.798. The fraction of sp³-hybridized carbons (Fsp3) is 0.467. The van der Waals surface area contributed by atoms with E-state index in [1.54, 1.807) is 31.4 Å². The minimum absolute atomic E-state index is 0.109. The van der Waals surface area contributed by atoms with Gasteiger partial charge in [0.05, 0.1) is 13.5 Å². The van der Waals surface area contributed by atoms with E-state index in [1.165, 1.54) is 0 Å². The zero-order chi connectivity index (χ0) is 15.1. The van der Waals surface area contributed by atoms with Crippen molar-refractivity contribution in [2.45, 2.75) is 32.7 Å². The average Bonchev–Trinajstić information content (AvgIpc) is 2.43. The molecule has 2 unspecified atom stereocenters. The zero-order valence-electron chi connectivity index (χ0n) is 12.1. The highest BCUT2D eigenvalue weighted by Crippen LogP contribution is 2.13. The molecule has 2 N–H and O–H groups in total. The summed E-state index contributed by atoms with van der Waals surface area (Å²) in [6.45, 7) is 3.71. The molecule has 1 aromatic carbocycles. The van der Waals surface area contributed by atoms with Crippen LogP contribution in [0.1, 0.15) is 25.8 Å². The summed E-state index contributed by atoms with van der Waals surface area (Å²) >= 11 is 0. The van der Waals surface area contributed by atoms with Crippen molar-refractivity contribution in [3.05, 3.63) is 29.8 Å². The van der Waals surface area contributed by atoms with Crippen LogP contribution < -0.4 is 10.1 Å². The summed E-state index contributed by atoms with van der Waals surface area (Å²) in [5, 5.41) is 11.7. The van der Waals surface area contributed by atoms with Crippen molar-refractivity contribution in [1.29, 1.82) is 0 Å². The molecule has 0 aliphatic heterocycles.